The predicted octanol–water partition coefficient (Wildman–Crippen LogP) is 5.10. The number of rotatable bonds is 5. The van der Waals surface area contributed by atoms with Crippen molar-refractivity contribution in [3.05, 3.63) is 71.0 Å². The van der Waals surface area contributed by atoms with Crippen LogP contribution in [-0.4, -0.2) is 29.0 Å². The molecule has 3 N–H and O–H groups in total. The molecule has 0 aliphatic carbocycles. The van der Waals surface area contributed by atoms with Crippen LogP contribution < -0.4 is 20.7 Å². The largest absolute Gasteiger partial charge is 0.457 e. The lowest BCUT2D eigenvalue weighted by Crippen LogP contribution is -2.19. The summed E-state index contributed by atoms with van der Waals surface area (Å²) in [6.07, 6.45) is 1.51. The Morgan fingerprint density at radius 2 is 1.78 bits per heavy atom. The Labute approximate surface area is 188 Å². The zero-order valence-electron chi connectivity index (χ0n) is 17.7. The molecule has 4 aromatic rings. The number of fused-ring (bicyclic) bond motifs is 1. The molecule has 0 aliphatic rings. The zero-order chi connectivity index (χ0) is 22.7. The summed E-state index contributed by atoms with van der Waals surface area (Å²) in [5.74, 6) is 0.775. The van der Waals surface area contributed by atoms with Crippen LogP contribution in [0.4, 0.5) is 16.2 Å². The van der Waals surface area contributed by atoms with E-state index in [9.17, 15) is 9.59 Å². The van der Waals surface area contributed by atoms with Gasteiger partial charge in [-0.05, 0) is 61.9 Å². The molecule has 0 atom stereocenters. The molecule has 4 rings (SSSR count). The molecule has 0 radical (unpaired) electrons. The molecule has 0 unspecified atom stereocenters. The minimum absolute atomic E-state index is 0.266. The van der Waals surface area contributed by atoms with Crippen molar-refractivity contribution in [1.82, 2.24) is 15.3 Å². The van der Waals surface area contributed by atoms with Crippen LogP contribution in [0.25, 0.3) is 10.2 Å². The smallest absolute Gasteiger partial charge is 0.323 e. The maximum absolute atomic E-state index is 12.5. The second kappa shape index (κ2) is 9.03. The van der Waals surface area contributed by atoms with Gasteiger partial charge in [-0.15, -0.1) is 11.3 Å². The first kappa shape index (κ1) is 21.3. The van der Waals surface area contributed by atoms with Crippen molar-refractivity contribution in [3.8, 4) is 11.5 Å². The monoisotopic (exact) mass is 447 g/mol. The summed E-state index contributed by atoms with van der Waals surface area (Å²) in [4.78, 5) is 32.7. The highest BCUT2D eigenvalue weighted by Crippen LogP contribution is 2.27. The van der Waals surface area contributed by atoms with Crippen LogP contribution in [0.3, 0.4) is 0 Å². The SMILES string of the molecule is CNC(=O)c1cc(Oc2ccc(NC(=O)Nc3ccc4sc(C)nc4c3)c(C)c2)ccn1. The molecule has 2 aromatic heterocycles. The van der Waals surface area contributed by atoms with Crippen molar-refractivity contribution in [2.24, 2.45) is 0 Å². The maximum Gasteiger partial charge on any atom is 0.323 e. The number of aryl methyl sites for hydroxylation is 2. The van der Waals surface area contributed by atoms with Gasteiger partial charge in [-0.25, -0.2) is 9.78 Å². The van der Waals surface area contributed by atoms with Gasteiger partial charge in [0.1, 0.15) is 17.2 Å². The molecular formula is C23H21N5O3S. The van der Waals surface area contributed by atoms with Gasteiger partial charge < -0.3 is 20.7 Å². The number of urea groups is 1. The number of pyridine rings is 1. The van der Waals surface area contributed by atoms with E-state index in [1.165, 1.54) is 6.20 Å². The van der Waals surface area contributed by atoms with E-state index in [2.05, 4.69) is 25.9 Å². The van der Waals surface area contributed by atoms with Crippen molar-refractivity contribution >= 4 is 44.9 Å². The molecule has 0 fully saturated rings. The number of hydrogen-bond acceptors (Lipinski definition) is 6. The van der Waals surface area contributed by atoms with E-state index < -0.39 is 0 Å². The van der Waals surface area contributed by atoms with Gasteiger partial charge in [0, 0.05) is 30.7 Å². The van der Waals surface area contributed by atoms with E-state index >= 15 is 0 Å². The number of thiazole rings is 1. The second-order valence-corrected chi connectivity index (χ2v) is 8.26. The third-order valence-corrected chi connectivity index (χ3v) is 5.58. The fraction of sp³-hybridized carbons (Fsp3) is 0.130. The molecule has 0 bridgehead atoms. The lowest BCUT2D eigenvalue weighted by atomic mass is 10.2. The predicted molar refractivity (Wildman–Crippen MR) is 126 cm³/mol. The average molecular weight is 448 g/mol. The summed E-state index contributed by atoms with van der Waals surface area (Å²) < 4.78 is 6.92. The number of aromatic nitrogens is 2. The van der Waals surface area contributed by atoms with E-state index in [1.807, 2.05) is 32.0 Å². The Morgan fingerprint density at radius 3 is 2.56 bits per heavy atom. The van der Waals surface area contributed by atoms with Crippen molar-refractivity contribution in [2.45, 2.75) is 13.8 Å². The van der Waals surface area contributed by atoms with Crippen molar-refractivity contribution in [1.29, 1.82) is 0 Å². The fourth-order valence-corrected chi connectivity index (χ4v) is 3.92. The lowest BCUT2D eigenvalue weighted by Gasteiger charge is -2.12. The van der Waals surface area contributed by atoms with Crippen LogP contribution in [0, 0.1) is 13.8 Å². The molecule has 2 heterocycles. The summed E-state index contributed by atoms with van der Waals surface area (Å²) in [6, 6.07) is 13.8. The van der Waals surface area contributed by atoms with Crippen molar-refractivity contribution in [2.75, 3.05) is 17.7 Å². The van der Waals surface area contributed by atoms with Crippen LogP contribution >= 0.6 is 11.3 Å². The molecule has 8 nitrogen and oxygen atoms in total. The molecule has 9 heteroatoms. The van der Waals surface area contributed by atoms with E-state index in [1.54, 1.807) is 48.7 Å². The Kier molecular flexibility index (Phi) is 6.00. The Balaban J connectivity index is 1.42. The number of anilines is 2. The maximum atomic E-state index is 12.5. The molecule has 0 saturated carbocycles. The van der Waals surface area contributed by atoms with Gasteiger partial charge in [-0.3, -0.25) is 9.78 Å². The first-order valence-electron chi connectivity index (χ1n) is 9.83. The van der Waals surface area contributed by atoms with Gasteiger partial charge in [0.2, 0.25) is 0 Å². The summed E-state index contributed by atoms with van der Waals surface area (Å²) in [5, 5.41) is 9.19. The quantitative estimate of drug-likeness (QED) is 0.395. The topological polar surface area (TPSA) is 105 Å². The molecule has 3 amide bonds. The van der Waals surface area contributed by atoms with Crippen LogP contribution in [0.1, 0.15) is 21.1 Å². The van der Waals surface area contributed by atoms with Crippen molar-refractivity contribution in [3.63, 3.8) is 0 Å². The number of hydrogen-bond donors (Lipinski definition) is 3. The number of nitrogens with zero attached hydrogens (tertiary/aromatic N) is 2. The molecular weight excluding hydrogens is 426 g/mol. The number of ether oxygens (including phenoxy) is 1. The minimum atomic E-state index is -0.350. The molecule has 0 saturated heterocycles. The highest BCUT2D eigenvalue weighted by Gasteiger charge is 2.10. The molecule has 2 aromatic carbocycles. The summed E-state index contributed by atoms with van der Waals surface area (Å²) in [6.45, 7) is 3.82. The minimum Gasteiger partial charge on any atom is -0.457 e. The second-order valence-electron chi connectivity index (χ2n) is 7.03. The van der Waals surface area contributed by atoms with E-state index in [0.717, 1.165) is 20.8 Å². The van der Waals surface area contributed by atoms with Gasteiger partial charge in [0.05, 0.1) is 15.2 Å². The average Bonchev–Trinajstić information content (AvgIpc) is 3.14. The zero-order valence-corrected chi connectivity index (χ0v) is 18.5. The number of carbonyl (C=O) groups excluding carboxylic acids is 2. The Bertz CT molecular complexity index is 1320. The normalized spacial score (nSPS) is 10.6. The summed E-state index contributed by atoms with van der Waals surface area (Å²) >= 11 is 1.61. The van der Waals surface area contributed by atoms with Gasteiger partial charge in [0.15, 0.2) is 0 Å². The highest BCUT2D eigenvalue weighted by molar-refractivity contribution is 7.18. The van der Waals surface area contributed by atoms with Gasteiger partial charge >= 0.3 is 6.03 Å². The van der Waals surface area contributed by atoms with E-state index in [4.69, 9.17) is 4.74 Å². The molecule has 162 valence electrons. The number of nitrogens with one attached hydrogen (secondary N) is 3. The summed E-state index contributed by atoms with van der Waals surface area (Å²) in [5.41, 5.74) is 3.27. The molecule has 32 heavy (non-hydrogen) atoms. The number of benzene rings is 2. The van der Waals surface area contributed by atoms with Crippen LogP contribution in [-0.2, 0) is 0 Å². The lowest BCUT2D eigenvalue weighted by molar-refractivity contribution is 0.0958. The van der Waals surface area contributed by atoms with Gasteiger partial charge in [0.25, 0.3) is 5.91 Å². The number of carbonyl (C=O) groups is 2. The standard InChI is InChI=1S/C23H21N5O3S/c1-13-10-16(31-17-8-9-25-20(12-17)22(29)24-3)5-6-18(13)28-23(30)27-15-4-7-21-19(11-15)26-14(2)32-21/h4-12H,1-3H3,(H,24,29)(H2,27,28,30). The van der Waals surface area contributed by atoms with E-state index in [0.29, 0.717) is 22.9 Å². The highest BCUT2D eigenvalue weighted by atomic mass is 32.1. The van der Waals surface area contributed by atoms with Crippen molar-refractivity contribution < 1.29 is 14.3 Å². The Hall–Kier alpha value is -3.98. The third kappa shape index (κ3) is 4.84. The first-order chi connectivity index (χ1) is 15.4. The first-order valence-corrected chi connectivity index (χ1v) is 10.6. The third-order valence-electron chi connectivity index (χ3n) is 4.63. The molecule has 0 spiro atoms. The fourth-order valence-electron chi connectivity index (χ4n) is 3.11. The van der Waals surface area contributed by atoms with Gasteiger partial charge in [-0.1, -0.05) is 0 Å². The molecule has 0 aliphatic heterocycles. The van der Waals surface area contributed by atoms with Crippen LogP contribution in [0.5, 0.6) is 11.5 Å². The van der Waals surface area contributed by atoms with Crippen LogP contribution in [0.15, 0.2) is 54.7 Å². The Morgan fingerprint density at radius 1 is 0.969 bits per heavy atom. The van der Waals surface area contributed by atoms with Gasteiger partial charge in [-0.2, -0.15) is 0 Å². The number of amides is 3. The summed E-state index contributed by atoms with van der Waals surface area (Å²) in [7, 11) is 1.54. The van der Waals surface area contributed by atoms with Crippen LogP contribution in [0.2, 0.25) is 0 Å². The van der Waals surface area contributed by atoms with E-state index in [-0.39, 0.29) is 17.6 Å².